The Bertz CT molecular complexity index is 811. The molecule has 0 saturated heterocycles. The van der Waals surface area contributed by atoms with E-state index in [9.17, 15) is 9.90 Å². The van der Waals surface area contributed by atoms with Crippen LogP contribution < -0.4 is 5.32 Å². The molecule has 0 spiro atoms. The Morgan fingerprint density at radius 3 is 2.89 bits per heavy atom. The maximum absolute atomic E-state index is 12.4. The van der Waals surface area contributed by atoms with Gasteiger partial charge in [0.25, 0.3) is 0 Å². The Balaban J connectivity index is 1.68. The summed E-state index contributed by atoms with van der Waals surface area (Å²) in [6.45, 7) is 4.86. The molecule has 2 atom stereocenters. The van der Waals surface area contributed by atoms with Crippen molar-refractivity contribution in [2.24, 2.45) is 5.92 Å². The normalized spacial score (nSPS) is 19.8. The number of benzene rings is 1. The molecule has 1 aliphatic carbocycles. The first-order valence-electron chi connectivity index (χ1n) is 9.33. The Morgan fingerprint density at radius 1 is 1.37 bits per heavy atom. The number of halogens is 1. The van der Waals surface area contributed by atoms with Gasteiger partial charge in [-0.15, -0.1) is 10.2 Å². The predicted molar refractivity (Wildman–Crippen MR) is 111 cm³/mol. The lowest BCUT2D eigenvalue weighted by Gasteiger charge is -2.29. The van der Waals surface area contributed by atoms with Crippen LogP contribution in [-0.2, 0) is 11.3 Å². The van der Waals surface area contributed by atoms with Gasteiger partial charge in [0.05, 0.1) is 11.3 Å². The van der Waals surface area contributed by atoms with Gasteiger partial charge in [0.1, 0.15) is 5.75 Å². The Morgan fingerprint density at radius 2 is 2.15 bits per heavy atom. The second-order valence-corrected chi connectivity index (χ2v) is 8.79. The lowest BCUT2D eigenvalue weighted by Crippen LogP contribution is -2.41. The highest BCUT2D eigenvalue weighted by Gasteiger charge is 2.23. The summed E-state index contributed by atoms with van der Waals surface area (Å²) >= 11 is 4.80. The van der Waals surface area contributed by atoms with E-state index in [-0.39, 0.29) is 17.7 Å². The standard InChI is InChI=1S/C19H25BrN4O2S/c1-3-24-18(14-10-13(20)8-9-16(14)25)22-23-19(24)27-11-17(26)21-15-7-5-4-6-12(15)2/h8-10,12,15,25H,3-7,11H2,1-2H3,(H,21,26)/t12-,15-/m1/s1. The van der Waals surface area contributed by atoms with Crippen molar-refractivity contribution in [3.63, 3.8) is 0 Å². The number of aromatic nitrogens is 3. The average molecular weight is 453 g/mol. The van der Waals surface area contributed by atoms with Crippen LogP contribution in [0.25, 0.3) is 11.4 Å². The van der Waals surface area contributed by atoms with Crippen molar-refractivity contribution < 1.29 is 9.90 Å². The Labute approximate surface area is 172 Å². The minimum absolute atomic E-state index is 0.0382. The molecule has 1 heterocycles. The van der Waals surface area contributed by atoms with E-state index in [1.54, 1.807) is 12.1 Å². The van der Waals surface area contributed by atoms with Crippen molar-refractivity contribution in [1.82, 2.24) is 20.1 Å². The topological polar surface area (TPSA) is 80.0 Å². The molecular weight excluding hydrogens is 428 g/mol. The fourth-order valence-corrected chi connectivity index (χ4v) is 4.65. The number of nitrogens with one attached hydrogen (secondary N) is 1. The molecule has 8 heteroatoms. The predicted octanol–water partition coefficient (Wildman–Crippen LogP) is 4.22. The molecule has 6 nitrogen and oxygen atoms in total. The van der Waals surface area contributed by atoms with E-state index in [2.05, 4.69) is 38.4 Å². The van der Waals surface area contributed by atoms with Crippen LogP contribution >= 0.6 is 27.7 Å². The maximum atomic E-state index is 12.4. The average Bonchev–Trinajstić information content (AvgIpc) is 3.06. The molecule has 27 heavy (non-hydrogen) atoms. The summed E-state index contributed by atoms with van der Waals surface area (Å²) in [7, 11) is 0. The first-order valence-corrected chi connectivity index (χ1v) is 11.1. The van der Waals surface area contributed by atoms with Crippen LogP contribution in [0.1, 0.15) is 39.5 Å². The van der Waals surface area contributed by atoms with Crippen molar-refractivity contribution in [1.29, 1.82) is 0 Å². The lowest BCUT2D eigenvalue weighted by molar-refractivity contribution is -0.119. The molecule has 1 amide bonds. The molecular formula is C19H25BrN4O2S. The Kier molecular flexibility index (Phi) is 6.81. The van der Waals surface area contributed by atoms with Crippen LogP contribution in [0, 0.1) is 5.92 Å². The van der Waals surface area contributed by atoms with Crippen LogP contribution in [0.5, 0.6) is 5.75 Å². The minimum Gasteiger partial charge on any atom is -0.507 e. The number of carbonyl (C=O) groups excluding carboxylic acids is 1. The van der Waals surface area contributed by atoms with Crippen LogP contribution in [0.15, 0.2) is 27.8 Å². The number of phenolic OH excluding ortho intramolecular Hbond substituents is 1. The van der Waals surface area contributed by atoms with Crippen LogP contribution in [0.3, 0.4) is 0 Å². The highest BCUT2D eigenvalue weighted by molar-refractivity contribution is 9.10. The number of rotatable bonds is 6. The molecule has 0 unspecified atom stereocenters. The fraction of sp³-hybridized carbons (Fsp3) is 0.526. The number of phenols is 1. The molecule has 1 aromatic heterocycles. The molecule has 0 radical (unpaired) electrons. The molecule has 1 saturated carbocycles. The van der Waals surface area contributed by atoms with Gasteiger partial charge < -0.3 is 15.0 Å². The second kappa shape index (κ2) is 9.10. The zero-order chi connectivity index (χ0) is 19.4. The number of hydrogen-bond acceptors (Lipinski definition) is 5. The van der Waals surface area contributed by atoms with Gasteiger partial charge in [0, 0.05) is 17.1 Å². The van der Waals surface area contributed by atoms with Crippen LogP contribution in [0.2, 0.25) is 0 Å². The monoisotopic (exact) mass is 452 g/mol. The summed E-state index contributed by atoms with van der Waals surface area (Å²) < 4.78 is 2.78. The van der Waals surface area contributed by atoms with Gasteiger partial charge in [-0.1, -0.05) is 47.5 Å². The highest BCUT2D eigenvalue weighted by Crippen LogP contribution is 2.32. The van der Waals surface area contributed by atoms with Gasteiger partial charge in [-0.05, 0) is 43.9 Å². The molecule has 2 N–H and O–H groups in total. The zero-order valence-electron chi connectivity index (χ0n) is 15.6. The molecule has 2 aromatic rings. The first kappa shape index (κ1) is 20.2. The summed E-state index contributed by atoms with van der Waals surface area (Å²) in [5.74, 6) is 1.64. The molecule has 3 rings (SSSR count). The Hall–Kier alpha value is -1.54. The van der Waals surface area contributed by atoms with E-state index in [4.69, 9.17) is 0 Å². The van der Waals surface area contributed by atoms with Crippen LogP contribution in [-0.4, -0.2) is 37.6 Å². The van der Waals surface area contributed by atoms with Gasteiger partial charge >= 0.3 is 0 Å². The van der Waals surface area contributed by atoms with Gasteiger partial charge in [0.2, 0.25) is 5.91 Å². The third-order valence-electron chi connectivity index (χ3n) is 5.02. The molecule has 146 valence electrons. The third-order valence-corrected chi connectivity index (χ3v) is 6.48. The van der Waals surface area contributed by atoms with Gasteiger partial charge in [-0.25, -0.2) is 0 Å². The minimum atomic E-state index is 0.0382. The second-order valence-electron chi connectivity index (χ2n) is 6.94. The number of aromatic hydroxyl groups is 1. The summed E-state index contributed by atoms with van der Waals surface area (Å²) in [5.41, 5.74) is 0.617. The molecule has 0 aliphatic heterocycles. The number of hydrogen-bond donors (Lipinski definition) is 2. The van der Waals surface area contributed by atoms with Gasteiger partial charge in [-0.2, -0.15) is 0 Å². The van der Waals surface area contributed by atoms with Crippen molar-refractivity contribution in [3.05, 3.63) is 22.7 Å². The smallest absolute Gasteiger partial charge is 0.230 e. The third kappa shape index (κ3) is 4.85. The highest BCUT2D eigenvalue weighted by atomic mass is 79.9. The van der Waals surface area contributed by atoms with Crippen LogP contribution in [0.4, 0.5) is 0 Å². The van der Waals surface area contributed by atoms with E-state index in [0.717, 1.165) is 10.9 Å². The molecule has 1 aliphatic rings. The molecule has 1 fully saturated rings. The maximum Gasteiger partial charge on any atom is 0.230 e. The van der Waals surface area contributed by atoms with Crippen molar-refractivity contribution in [2.45, 2.75) is 57.3 Å². The summed E-state index contributed by atoms with van der Waals surface area (Å²) in [6, 6.07) is 5.50. The first-order chi connectivity index (χ1) is 13.0. The van der Waals surface area contributed by atoms with E-state index in [1.165, 1.54) is 31.0 Å². The summed E-state index contributed by atoms with van der Waals surface area (Å²) in [5, 5.41) is 22.5. The van der Waals surface area contributed by atoms with Gasteiger partial charge in [0.15, 0.2) is 11.0 Å². The molecule has 0 bridgehead atoms. The quantitative estimate of drug-likeness (QED) is 0.641. The summed E-state index contributed by atoms with van der Waals surface area (Å²) in [6.07, 6.45) is 4.69. The van der Waals surface area contributed by atoms with Crippen molar-refractivity contribution in [3.8, 4) is 17.1 Å². The fourth-order valence-electron chi connectivity index (χ4n) is 3.48. The largest absolute Gasteiger partial charge is 0.507 e. The van der Waals surface area contributed by atoms with E-state index in [1.807, 2.05) is 17.6 Å². The van der Waals surface area contributed by atoms with E-state index in [0.29, 0.717) is 34.8 Å². The lowest BCUT2D eigenvalue weighted by atomic mass is 9.86. The number of amides is 1. The van der Waals surface area contributed by atoms with E-state index < -0.39 is 0 Å². The number of thioether (sulfide) groups is 1. The summed E-state index contributed by atoms with van der Waals surface area (Å²) in [4.78, 5) is 12.4. The SMILES string of the molecule is CCn1c(SCC(=O)N[C@@H]2CCCC[C@H]2C)nnc1-c1cc(Br)ccc1O. The number of carbonyl (C=O) groups is 1. The van der Waals surface area contributed by atoms with Crippen molar-refractivity contribution in [2.75, 3.05) is 5.75 Å². The van der Waals surface area contributed by atoms with Gasteiger partial charge in [-0.3, -0.25) is 4.79 Å². The number of nitrogens with zero attached hydrogens (tertiary/aromatic N) is 3. The van der Waals surface area contributed by atoms with Crippen molar-refractivity contribution >= 4 is 33.6 Å². The molecule has 1 aromatic carbocycles. The van der Waals surface area contributed by atoms with E-state index >= 15 is 0 Å². The zero-order valence-corrected chi connectivity index (χ0v) is 18.0.